The van der Waals surface area contributed by atoms with Crippen molar-refractivity contribution in [2.24, 2.45) is 0 Å². The minimum atomic E-state index is 0.665. The zero-order chi connectivity index (χ0) is 17.1. The van der Waals surface area contributed by atoms with Gasteiger partial charge in [-0.15, -0.1) is 0 Å². The lowest BCUT2D eigenvalue weighted by molar-refractivity contribution is 1.06. The molecule has 0 bridgehead atoms. The maximum atomic E-state index is 4.60. The summed E-state index contributed by atoms with van der Waals surface area (Å²) in [6.07, 6.45) is 3.37. The Morgan fingerprint density at radius 2 is 1.24 bits per heavy atom. The van der Waals surface area contributed by atoms with Crippen LogP contribution < -0.4 is 0 Å². The second-order valence-electron chi connectivity index (χ2n) is 5.74. The zero-order valence-electron chi connectivity index (χ0n) is 13.8. The van der Waals surface area contributed by atoms with Gasteiger partial charge < -0.3 is 0 Å². The Morgan fingerprint density at radius 1 is 0.600 bits per heavy atom. The van der Waals surface area contributed by atoms with Gasteiger partial charge in [0.1, 0.15) is 6.33 Å². The van der Waals surface area contributed by atoms with E-state index in [4.69, 9.17) is 0 Å². The van der Waals surface area contributed by atoms with Crippen molar-refractivity contribution in [1.82, 2.24) is 19.9 Å². The summed E-state index contributed by atoms with van der Waals surface area (Å²) in [5, 5.41) is 0. The molecule has 0 aliphatic heterocycles. The lowest BCUT2D eigenvalue weighted by Crippen LogP contribution is -1.95. The predicted octanol–water partition coefficient (Wildman–Crippen LogP) is 4.58. The smallest absolute Gasteiger partial charge is 0.163 e. The van der Waals surface area contributed by atoms with Crippen molar-refractivity contribution in [1.29, 1.82) is 0 Å². The summed E-state index contributed by atoms with van der Waals surface area (Å²) in [7, 11) is 0. The first-order chi connectivity index (χ1) is 12.3. The molecule has 25 heavy (non-hydrogen) atoms. The molecule has 0 fully saturated rings. The van der Waals surface area contributed by atoms with Gasteiger partial charge in [-0.3, -0.25) is 4.98 Å². The second kappa shape index (κ2) is 6.61. The van der Waals surface area contributed by atoms with E-state index >= 15 is 0 Å². The summed E-state index contributed by atoms with van der Waals surface area (Å²) in [6, 6.07) is 22.1. The highest BCUT2D eigenvalue weighted by Crippen LogP contribution is 2.24. The number of hydrogen-bond donors (Lipinski definition) is 0. The third-order valence-electron chi connectivity index (χ3n) is 4.03. The standard InChI is InChI=1S/C21H16N4/c1-15-6-5-13-22-19(15)16-9-11-18(12-10-16)21-24-14-23-20(25-21)17-7-3-2-4-8-17/h2-14H,1H3. The molecule has 4 aromatic rings. The van der Waals surface area contributed by atoms with E-state index in [0.717, 1.165) is 27.9 Å². The number of benzene rings is 2. The first kappa shape index (κ1) is 15.1. The van der Waals surface area contributed by atoms with Crippen molar-refractivity contribution in [2.75, 3.05) is 0 Å². The van der Waals surface area contributed by atoms with Gasteiger partial charge in [-0.1, -0.05) is 60.7 Å². The normalized spacial score (nSPS) is 10.6. The largest absolute Gasteiger partial charge is 0.256 e. The second-order valence-corrected chi connectivity index (χ2v) is 5.74. The van der Waals surface area contributed by atoms with Crippen molar-refractivity contribution in [2.45, 2.75) is 6.92 Å². The Bertz CT molecular complexity index is 996. The molecule has 0 aliphatic carbocycles. The highest BCUT2D eigenvalue weighted by molar-refractivity contribution is 5.67. The first-order valence-electron chi connectivity index (χ1n) is 8.08. The van der Waals surface area contributed by atoms with Crippen LogP contribution in [0.1, 0.15) is 5.56 Å². The molecule has 2 aromatic carbocycles. The summed E-state index contributed by atoms with van der Waals surface area (Å²) >= 11 is 0. The van der Waals surface area contributed by atoms with Crippen molar-refractivity contribution >= 4 is 0 Å². The molecule has 0 aliphatic rings. The molecule has 0 radical (unpaired) electrons. The van der Waals surface area contributed by atoms with Crippen LogP contribution in [0.2, 0.25) is 0 Å². The Labute approximate surface area is 146 Å². The fraction of sp³-hybridized carbons (Fsp3) is 0.0476. The quantitative estimate of drug-likeness (QED) is 0.553. The van der Waals surface area contributed by atoms with Crippen molar-refractivity contribution < 1.29 is 0 Å². The van der Waals surface area contributed by atoms with Crippen LogP contribution in [-0.4, -0.2) is 19.9 Å². The number of aromatic nitrogens is 4. The van der Waals surface area contributed by atoms with E-state index < -0.39 is 0 Å². The molecule has 0 atom stereocenters. The van der Waals surface area contributed by atoms with Gasteiger partial charge in [-0.05, 0) is 18.6 Å². The van der Waals surface area contributed by atoms with Gasteiger partial charge in [0.15, 0.2) is 11.6 Å². The monoisotopic (exact) mass is 324 g/mol. The molecule has 2 heterocycles. The number of pyridine rings is 1. The van der Waals surface area contributed by atoms with E-state index in [2.05, 4.69) is 45.1 Å². The minimum Gasteiger partial charge on any atom is -0.256 e. The van der Waals surface area contributed by atoms with Crippen molar-refractivity contribution in [3.63, 3.8) is 0 Å². The molecule has 4 heteroatoms. The molecule has 0 unspecified atom stereocenters. The predicted molar refractivity (Wildman–Crippen MR) is 98.7 cm³/mol. The van der Waals surface area contributed by atoms with E-state index in [-0.39, 0.29) is 0 Å². The SMILES string of the molecule is Cc1cccnc1-c1ccc(-c2ncnc(-c3ccccc3)n2)cc1. The van der Waals surface area contributed by atoms with Crippen LogP contribution in [0.5, 0.6) is 0 Å². The van der Waals surface area contributed by atoms with E-state index in [1.807, 2.05) is 54.7 Å². The fourth-order valence-electron chi connectivity index (χ4n) is 2.73. The van der Waals surface area contributed by atoms with Gasteiger partial charge in [0.2, 0.25) is 0 Å². The molecule has 0 amide bonds. The van der Waals surface area contributed by atoms with Gasteiger partial charge in [0.25, 0.3) is 0 Å². The summed E-state index contributed by atoms with van der Waals surface area (Å²) in [4.78, 5) is 17.7. The van der Waals surface area contributed by atoms with Gasteiger partial charge in [-0.2, -0.15) is 0 Å². The Kier molecular flexibility index (Phi) is 4.01. The number of hydrogen-bond acceptors (Lipinski definition) is 4. The molecule has 4 rings (SSSR count). The molecule has 0 spiro atoms. The van der Waals surface area contributed by atoms with Crippen LogP contribution >= 0.6 is 0 Å². The number of aryl methyl sites for hydroxylation is 1. The minimum absolute atomic E-state index is 0.665. The van der Waals surface area contributed by atoms with Crippen molar-refractivity contribution in [3.05, 3.63) is 84.8 Å². The van der Waals surface area contributed by atoms with Crippen LogP contribution in [0.15, 0.2) is 79.3 Å². The van der Waals surface area contributed by atoms with E-state index in [0.29, 0.717) is 11.6 Å². The molecular formula is C21H16N4. The summed E-state index contributed by atoms with van der Waals surface area (Å²) in [6.45, 7) is 2.06. The molecule has 0 saturated carbocycles. The third kappa shape index (κ3) is 3.15. The Hall–Kier alpha value is -3.40. The maximum absolute atomic E-state index is 4.60. The number of nitrogens with zero attached hydrogens (tertiary/aromatic N) is 4. The summed E-state index contributed by atoms with van der Waals surface area (Å²) in [5.74, 6) is 1.34. The van der Waals surface area contributed by atoms with Crippen LogP contribution in [0, 0.1) is 6.92 Å². The average Bonchev–Trinajstić information content (AvgIpc) is 2.69. The molecule has 2 aromatic heterocycles. The molecule has 0 saturated heterocycles. The van der Waals surface area contributed by atoms with Gasteiger partial charge >= 0.3 is 0 Å². The van der Waals surface area contributed by atoms with Crippen LogP contribution in [0.25, 0.3) is 34.0 Å². The summed E-state index contributed by atoms with van der Waals surface area (Å²) < 4.78 is 0. The molecular weight excluding hydrogens is 308 g/mol. The molecule has 4 nitrogen and oxygen atoms in total. The summed E-state index contributed by atoms with van der Waals surface area (Å²) in [5.41, 5.74) is 5.17. The third-order valence-corrected chi connectivity index (χ3v) is 4.03. The lowest BCUT2D eigenvalue weighted by atomic mass is 10.0. The van der Waals surface area contributed by atoms with E-state index in [1.165, 1.54) is 0 Å². The zero-order valence-corrected chi connectivity index (χ0v) is 13.8. The highest BCUT2D eigenvalue weighted by atomic mass is 15.0. The van der Waals surface area contributed by atoms with Gasteiger partial charge in [0, 0.05) is 22.9 Å². The highest BCUT2D eigenvalue weighted by Gasteiger charge is 2.07. The Morgan fingerprint density at radius 3 is 1.92 bits per heavy atom. The topological polar surface area (TPSA) is 51.6 Å². The number of rotatable bonds is 3. The Balaban J connectivity index is 1.68. The van der Waals surface area contributed by atoms with Gasteiger partial charge in [0.05, 0.1) is 5.69 Å². The van der Waals surface area contributed by atoms with Gasteiger partial charge in [-0.25, -0.2) is 15.0 Å². The van der Waals surface area contributed by atoms with Crippen molar-refractivity contribution in [3.8, 4) is 34.0 Å². The van der Waals surface area contributed by atoms with Crippen LogP contribution in [0.4, 0.5) is 0 Å². The maximum Gasteiger partial charge on any atom is 0.163 e. The van der Waals surface area contributed by atoms with E-state index in [9.17, 15) is 0 Å². The van der Waals surface area contributed by atoms with E-state index in [1.54, 1.807) is 6.33 Å². The van der Waals surface area contributed by atoms with Crippen LogP contribution in [0.3, 0.4) is 0 Å². The average molecular weight is 324 g/mol. The van der Waals surface area contributed by atoms with Crippen LogP contribution in [-0.2, 0) is 0 Å². The first-order valence-corrected chi connectivity index (χ1v) is 8.08. The molecule has 0 N–H and O–H groups in total. The lowest BCUT2D eigenvalue weighted by Gasteiger charge is -2.06. The fourth-order valence-corrected chi connectivity index (χ4v) is 2.73. The molecule has 120 valence electrons.